The molecule has 1 N–H and O–H groups in total. The van der Waals surface area contributed by atoms with Crippen LogP contribution < -0.4 is 4.74 Å². The van der Waals surface area contributed by atoms with Crippen LogP contribution >= 0.6 is 23.4 Å². The molecule has 0 bridgehead atoms. The Morgan fingerprint density at radius 1 is 1.11 bits per heavy atom. The quantitative estimate of drug-likeness (QED) is 0.161. The Bertz CT molecular complexity index is 1290. The lowest BCUT2D eigenvalue weighted by Crippen LogP contribution is -2.02. The van der Waals surface area contributed by atoms with E-state index in [9.17, 15) is 4.79 Å². The van der Waals surface area contributed by atoms with Crippen molar-refractivity contribution in [1.29, 1.82) is 0 Å². The number of rotatable bonds is 12. The first-order valence-electron chi connectivity index (χ1n) is 11.7. The van der Waals surface area contributed by atoms with Crippen molar-refractivity contribution in [3.8, 4) is 5.75 Å². The van der Waals surface area contributed by atoms with Crippen molar-refractivity contribution in [3.05, 3.63) is 88.1 Å². The van der Waals surface area contributed by atoms with E-state index in [4.69, 9.17) is 26.0 Å². The normalized spacial score (nSPS) is 11.1. The monoisotopic (exact) mass is 509 g/mol. The van der Waals surface area contributed by atoms with Gasteiger partial charge in [-0.05, 0) is 48.2 Å². The van der Waals surface area contributed by atoms with Crippen LogP contribution in [0.2, 0.25) is 5.02 Å². The fourth-order valence-corrected chi connectivity index (χ4v) is 5.21. The summed E-state index contributed by atoms with van der Waals surface area (Å²) in [7, 11) is 0. The third kappa shape index (κ3) is 6.59. The van der Waals surface area contributed by atoms with Crippen LogP contribution in [0, 0.1) is 0 Å². The van der Waals surface area contributed by atoms with Crippen molar-refractivity contribution in [3.63, 3.8) is 0 Å². The van der Waals surface area contributed by atoms with Crippen molar-refractivity contribution in [1.82, 2.24) is 5.16 Å². The van der Waals surface area contributed by atoms with Gasteiger partial charge in [-0.25, -0.2) is 0 Å². The van der Waals surface area contributed by atoms with Crippen LogP contribution in [-0.4, -0.2) is 28.6 Å². The Kier molecular flexibility index (Phi) is 8.72. The first-order chi connectivity index (χ1) is 17.0. The first kappa shape index (κ1) is 25.1. The number of fused-ring (bicyclic) bond motifs is 1. The minimum absolute atomic E-state index is 0.0259. The van der Waals surface area contributed by atoms with Gasteiger partial charge in [-0.2, -0.15) is 0 Å². The van der Waals surface area contributed by atoms with Crippen LogP contribution in [0.3, 0.4) is 0 Å². The molecule has 0 saturated heterocycles. The Morgan fingerprint density at radius 3 is 2.69 bits per heavy atom. The Hall–Kier alpha value is -2.96. The molecule has 0 aliphatic rings. The Morgan fingerprint density at radius 2 is 1.94 bits per heavy atom. The molecule has 0 amide bonds. The summed E-state index contributed by atoms with van der Waals surface area (Å²) >= 11 is 7.97. The van der Waals surface area contributed by atoms with Gasteiger partial charge < -0.3 is 14.4 Å². The van der Waals surface area contributed by atoms with Gasteiger partial charge in [-0.1, -0.05) is 66.5 Å². The molecule has 0 atom stereocenters. The van der Waals surface area contributed by atoms with Crippen LogP contribution in [0.25, 0.3) is 11.0 Å². The zero-order valence-corrected chi connectivity index (χ0v) is 21.2. The van der Waals surface area contributed by atoms with Crippen LogP contribution in [-0.2, 0) is 24.1 Å². The predicted molar refractivity (Wildman–Crippen MR) is 141 cm³/mol. The average Bonchev–Trinajstić information content (AvgIpc) is 3.24. The molecule has 0 fully saturated rings. The minimum atomic E-state index is -0.864. The smallest absolute Gasteiger partial charge is 0.307 e. The van der Waals surface area contributed by atoms with Gasteiger partial charge in [0, 0.05) is 28.0 Å². The van der Waals surface area contributed by atoms with Gasteiger partial charge >= 0.3 is 5.97 Å². The summed E-state index contributed by atoms with van der Waals surface area (Å²) in [6.07, 6.45) is 3.39. The van der Waals surface area contributed by atoms with Gasteiger partial charge in [0.15, 0.2) is 5.58 Å². The zero-order valence-electron chi connectivity index (χ0n) is 19.6. The van der Waals surface area contributed by atoms with E-state index in [-0.39, 0.29) is 6.42 Å². The molecule has 5 nitrogen and oxygen atoms in total. The van der Waals surface area contributed by atoms with Gasteiger partial charge in [0.1, 0.15) is 5.75 Å². The van der Waals surface area contributed by atoms with E-state index in [1.165, 1.54) is 5.56 Å². The summed E-state index contributed by atoms with van der Waals surface area (Å²) in [5, 5.41) is 14.9. The number of hydrogen-bond acceptors (Lipinski definition) is 5. The lowest BCUT2D eigenvalue weighted by Gasteiger charge is -2.12. The van der Waals surface area contributed by atoms with Crippen molar-refractivity contribution >= 4 is 40.3 Å². The lowest BCUT2D eigenvalue weighted by molar-refractivity contribution is -0.136. The van der Waals surface area contributed by atoms with E-state index in [2.05, 4.69) is 24.2 Å². The largest absolute Gasteiger partial charge is 0.493 e. The number of aliphatic carboxylic acids is 1. The van der Waals surface area contributed by atoms with Crippen molar-refractivity contribution in [2.45, 2.75) is 43.9 Å². The number of carboxylic acid groups (broad SMARTS) is 1. The second-order valence-corrected chi connectivity index (χ2v) is 9.89. The van der Waals surface area contributed by atoms with Crippen LogP contribution in [0.15, 0.2) is 70.1 Å². The number of benzene rings is 3. The third-order valence-corrected chi connectivity index (χ3v) is 7.23. The number of carboxylic acids is 1. The molecule has 4 rings (SSSR count). The van der Waals surface area contributed by atoms with Gasteiger partial charge in [0.25, 0.3) is 0 Å². The lowest BCUT2D eigenvalue weighted by atomic mass is 10.0. The van der Waals surface area contributed by atoms with Crippen molar-refractivity contribution in [2.24, 2.45) is 0 Å². The van der Waals surface area contributed by atoms with Crippen molar-refractivity contribution < 1.29 is 19.2 Å². The summed E-state index contributed by atoms with van der Waals surface area (Å²) in [5.41, 5.74) is 4.74. The molecule has 4 aromatic rings. The standard InChI is InChI=1S/C28H28ClNO4S/c1-2-7-22-25(12-11-21-24(30-34-28(21)22)17-19-8-4-3-5-9-19)33-14-6-15-35-26-13-10-20(16-23(26)29)18-27(31)32/h3-5,8-13,16H,2,6-7,14-15,17-18H2,1H3,(H,31,32). The molecular formula is C28H28ClNO4S. The third-order valence-electron chi connectivity index (χ3n) is 5.65. The zero-order chi connectivity index (χ0) is 24.6. The number of carbonyl (C=O) groups is 1. The number of aromatic nitrogens is 1. The van der Waals surface area contributed by atoms with Gasteiger partial charge in [0.05, 0.1) is 23.7 Å². The second-order valence-electron chi connectivity index (χ2n) is 8.35. The van der Waals surface area contributed by atoms with Gasteiger partial charge in [-0.3, -0.25) is 4.79 Å². The van der Waals surface area contributed by atoms with E-state index in [1.807, 2.05) is 42.5 Å². The fraction of sp³-hybridized carbons (Fsp3) is 0.286. The summed E-state index contributed by atoms with van der Waals surface area (Å²) in [5.74, 6) is 0.826. The van der Waals surface area contributed by atoms with E-state index in [1.54, 1.807) is 17.8 Å². The number of halogens is 1. The van der Waals surface area contributed by atoms with Crippen LogP contribution in [0.4, 0.5) is 0 Å². The summed E-state index contributed by atoms with van der Waals surface area (Å²) in [4.78, 5) is 11.8. The van der Waals surface area contributed by atoms with Gasteiger partial charge in [-0.15, -0.1) is 11.8 Å². The molecule has 0 saturated carbocycles. The molecule has 0 unspecified atom stereocenters. The highest BCUT2D eigenvalue weighted by atomic mass is 35.5. The maximum Gasteiger partial charge on any atom is 0.307 e. The predicted octanol–water partition coefficient (Wildman–Crippen LogP) is 7.21. The van der Waals surface area contributed by atoms with E-state index >= 15 is 0 Å². The highest BCUT2D eigenvalue weighted by Crippen LogP contribution is 2.33. The molecule has 7 heteroatoms. The Balaban J connectivity index is 1.36. The SMILES string of the molecule is CCCc1c(OCCCSc2ccc(CC(=O)O)cc2Cl)ccc2c(Cc3ccccc3)noc12. The average molecular weight is 510 g/mol. The Labute approximate surface area is 214 Å². The molecule has 182 valence electrons. The summed E-state index contributed by atoms with van der Waals surface area (Å²) in [6.45, 7) is 2.72. The number of thioether (sulfide) groups is 1. The molecule has 3 aromatic carbocycles. The highest BCUT2D eigenvalue weighted by Gasteiger charge is 2.16. The van der Waals surface area contributed by atoms with Gasteiger partial charge in [0.2, 0.25) is 0 Å². The minimum Gasteiger partial charge on any atom is -0.493 e. The second kappa shape index (κ2) is 12.1. The molecule has 0 aliphatic heterocycles. The maximum atomic E-state index is 10.9. The highest BCUT2D eigenvalue weighted by molar-refractivity contribution is 7.99. The molecule has 35 heavy (non-hydrogen) atoms. The van der Waals surface area contributed by atoms with Crippen LogP contribution in [0.1, 0.15) is 42.1 Å². The van der Waals surface area contributed by atoms with Crippen LogP contribution in [0.5, 0.6) is 5.75 Å². The topological polar surface area (TPSA) is 72.6 Å². The number of hydrogen-bond donors (Lipinski definition) is 1. The maximum absolute atomic E-state index is 10.9. The van der Waals surface area contributed by atoms with E-state index in [0.717, 1.165) is 64.3 Å². The number of aryl methyl sites for hydroxylation is 1. The molecule has 1 heterocycles. The fourth-order valence-electron chi connectivity index (χ4n) is 4.00. The molecule has 0 spiro atoms. The summed E-state index contributed by atoms with van der Waals surface area (Å²) in [6, 6.07) is 19.8. The van der Waals surface area contributed by atoms with E-state index < -0.39 is 5.97 Å². The number of ether oxygens (including phenoxy) is 1. The molecular weight excluding hydrogens is 482 g/mol. The van der Waals surface area contributed by atoms with E-state index in [0.29, 0.717) is 17.2 Å². The number of nitrogens with zero attached hydrogens (tertiary/aromatic N) is 1. The molecule has 0 aliphatic carbocycles. The molecule has 1 aromatic heterocycles. The molecule has 0 radical (unpaired) electrons. The first-order valence-corrected chi connectivity index (χ1v) is 13.1. The summed E-state index contributed by atoms with van der Waals surface area (Å²) < 4.78 is 11.9. The van der Waals surface area contributed by atoms with Crippen molar-refractivity contribution in [2.75, 3.05) is 12.4 Å².